The van der Waals surface area contributed by atoms with Crippen molar-refractivity contribution in [2.75, 3.05) is 0 Å². The molecule has 1 aliphatic carbocycles. The van der Waals surface area contributed by atoms with Crippen LogP contribution in [-0.4, -0.2) is 15.4 Å². The monoisotopic (exact) mass is 264 g/mol. The molecule has 0 amide bonds. The quantitative estimate of drug-likeness (QED) is 0.833. The summed E-state index contributed by atoms with van der Waals surface area (Å²) in [7, 11) is 0. The molecule has 1 N–H and O–H groups in total. The SMILES string of the molecule is O=C(O)C1[C@@H](c2cccc(Cl)c2)C1(Cl)Cl. The maximum atomic E-state index is 10.8. The zero-order valence-electron chi connectivity index (χ0n) is 7.45. The van der Waals surface area contributed by atoms with Crippen LogP contribution in [-0.2, 0) is 4.79 Å². The number of benzene rings is 1. The summed E-state index contributed by atoms with van der Waals surface area (Å²) in [5, 5.41) is 9.44. The zero-order chi connectivity index (χ0) is 11.2. The fraction of sp³-hybridized carbons (Fsp3) is 0.300. The molecule has 0 radical (unpaired) electrons. The molecular weight excluding hydrogens is 258 g/mol. The third-order valence-corrected chi connectivity index (χ3v) is 3.70. The maximum Gasteiger partial charge on any atom is 0.310 e. The third-order valence-electron chi connectivity index (χ3n) is 2.53. The lowest BCUT2D eigenvalue weighted by Gasteiger charge is -1.99. The molecule has 1 aliphatic rings. The van der Waals surface area contributed by atoms with Gasteiger partial charge in [0, 0.05) is 10.9 Å². The summed E-state index contributed by atoms with van der Waals surface area (Å²) < 4.78 is -1.21. The smallest absolute Gasteiger partial charge is 0.310 e. The maximum absolute atomic E-state index is 10.8. The topological polar surface area (TPSA) is 37.3 Å². The van der Waals surface area contributed by atoms with E-state index in [1.165, 1.54) is 0 Å². The van der Waals surface area contributed by atoms with Gasteiger partial charge in [-0.15, -0.1) is 0 Å². The summed E-state index contributed by atoms with van der Waals surface area (Å²) in [6, 6.07) is 6.93. The van der Waals surface area contributed by atoms with Crippen LogP contribution < -0.4 is 0 Å². The molecule has 1 fully saturated rings. The molecule has 15 heavy (non-hydrogen) atoms. The molecule has 0 heterocycles. The summed E-state index contributed by atoms with van der Waals surface area (Å²) in [6.07, 6.45) is 0. The van der Waals surface area contributed by atoms with E-state index in [1.807, 2.05) is 0 Å². The Kier molecular flexibility index (Phi) is 2.61. The second-order valence-corrected chi connectivity index (χ2v) is 5.40. The van der Waals surface area contributed by atoms with Crippen molar-refractivity contribution in [1.82, 2.24) is 0 Å². The van der Waals surface area contributed by atoms with E-state index in [9.17, 15) is 4.79 Å². The molecule has 0 aromatic heterocycles. The number of carboxylic acid groups (broad SMARTS) is 1. The zero-order valence-corrected chi connectivity index (χ0v) is 9.72. The minimum Gasteiger partial charge on any atom is -0.481 e. The molecule has 1 unspecified atom stereocenters. The number of carbonyl (C=O) groups is 1. The number of hydrogen-bond acceptors (Lipinski definition) is 1. The normalized spacial score (nSPS) is 27.4. The first kappa shape index (κ1) is 11.1. The summed E-state index contributed by atoms with van der Waals surface area (Å²) in [6.45, 7) is 0. The van der Waals surface area contributed by atoms with E-state index in [4.69, 9.17) is 39.9 Å². The summed E-state index contributed by atoms with van der Waals surface area (Å²) >= 11 is 17.6. The number of hydrogen-bond donors (Lipinski definition) is 1. The van der Waals surface area contributed by atoms with Crippen molar-refractivity contribution in [2.45, 2.75) is 10.3 Å². The molecule has 5 heteroatoms. The molecule has 80 valence electrons. The highest BCUT2D eigenvalue weighted by molar-refractivity contribution is 6.53. The Morgan fingerprint density at radius 2 is 2.07 bits per heavy atom. The van der Waals surface area contributed by atoms with Crippen LogP contribution in [0.1, 0.15) is 11.5 Å². The van der Waals surface area contributed by atoms with Gasteiger partial charge in [-0.05, 0) is 17.7 Å². The average molecular weight is 266 g/mol. The molecular formula is C10H7Cl3O2. The lowest BCUT2D eigenvalue weighted by Crippen LogP contribution is -2.03. The van der Waals surface area contributed by atoms with Gasteiger partial charge in [-0.1, -0.05) is 46.9 Å². The molecule has 2 rings (SSSR count). The van der Waals surface area contributed by atoms with Gasteiger partial charge in [-0.3, -0.25) is 4.79 Å². The molecule has 1 aromatic carbocycles. The molecule has 1 aromatic rings. The Morgan fingerprint density at radius 1 is 1.40 bits per heavy atom. The Balaban J connectivity index is 2.31. The minimum atomic E-state index is -1.21. The predicted molar refractivity (Wildman–Crippen MR) is 59.8 cm³/mol. The second-order valence-electron chi connectivity index (χ2n) is 3.52. The van der Waals surface area contributed by atoms with Crippen LogP contribution in [0.25, 0.3) is 0 Å². The van der Waals surface area contributed by atoms with E-state index < -0.39 is 16.2 Å². The van der Waals surface area contributed by atoms with Gasteiger partial charge in [0.1, 0.15) is 4.33 Å². The van der Waals surface area contributed by atoms with Gasteiger partial charge in [0.2, 0.25) is 0 Å². The van der Waals surface area contributed by atoms with Crippen molar-refractivity contribution < 1.29 is 9.90 Å². The largest absolute Gasteiger partial charge is 0.481 e. The highest BCUT2D eigenvalue weighted by atomic mass is 35.5. The molecule has 1 saturated carbocycles. The molecule has 0 aliphatic heterocycles. The first-order valence-corrected chi connectivity index (χ1v) is 5.44. The number of alkyl halides is 2. The highest BCUT2D eigenvalue weighted by Crippen LogP contribution is 2.65. The van der Waals surface area contributed by atoms with Crippen LogP contribution in [0.3, 0.4) is 0 Å². The molecule has 0 spiro atoms. The van der Waals surface area contributed by atoms with Crippen LogP contribution in [0.5, 0.6) is 0 Å². The Labute approximate surface area is 102 Å². The van der Waals surface area contributed by atoms with E-state index in [0.29, 0.717) is 5.02 Å². The molecule has 2 nitrogen and oxygen atoms in total. The number of rotatable bonds is 2. The van der Waals surface area contributed by atoms with Crippen LogP contribution in [0.15, 0.2) is 24.3 Å². The predicted octanol–water partition coefficient (Wildman–Crippen LogP) is 3.31. The van der Waals surface area contributed by atoms with Gasteiger partial charge >= 0.3 is 5.97 Å². The number of carboxylic acids is 1. The van der Waals surface area contributed by atoms with Crippen molar-refractivity contribution >= 4 is 40.8 Å². The lowest BCUT2D eigenvalue weighted by atomic mass is 10.1. The fourth-order valence-corrected chi connectivity index (χ4v) is 2.76. The summed E-state index contributed by atoms with van der Waals surface area (Å²) in [5.41, 5.74) is 0.764. The summed E-state index contributed by atoms with van der Waals surface area (Å²) in [4.78, 5) is 10.8. The van der Waals surface area contributed by atoms with Gasteiger partial charge in [-0.2, -0.15) is 0 Å². The lowest BCUT2D eigenvalue weighted by molar-refractivity contribution is -0.138. The number of halogens is 3. The molecule has 0 bridgehead atoms. The Hall–Kier alpha value is -0.440. The van der Waals surface area contributed by atoms with Gasteiger partial charge < -0.3 is 5.11 Å². The fourth-order valence-electron chi connectivity index (χ4n) is 1.75. The van der Waals surface area contributed by atoms with Crippen molar-refractivity contribution in [3.63, 3.8) is 0 Å². The van der Waals surface area contributed by atoms with Gasteiger partial charge in [0.15, 0.2) is 0 Å². The third kappa shape index (κ3) is 1.82. The molecule has 0 saturated heterocycles. The first-order valence-electron chi connectivity index (χ1n) is 4.30. The van der Waals surface area contributed by atoms with Crippen LogP contribution in [0.2, 0.25) is 5.02 Å². The van der Waals surface area contributed by atoms with Gasteiger partial charge in [0.05, 0.1) is 5.92 Å². The van der Waals surface area contributed by atoms with Crippen LogP contribution in [0.4, 0.5) is 0 Å². The van der Waals surface area contributed by atoms with Gasteiger partial charge in [-0.25, -0.2) is 0 Å². The summed E-state index contributed by atoms with van der Waals surface area (Å²) in [5.74, 6) is -2.11. The number of aliphatic carboxylic acids is 1. The van der Waals surface area contributed by atoms with Crippen molar-refractivity contribution in [3.05, 3.63) is 34.9 Å². The van der Waals surface area contributed by atoms with Crippen molar-refractivity contribution in [3.8, 4) is 0 Å². The first-order chi connectivity index (χ1) is 6.94. The molecule has 2 atom stereocenters. The van der Waals surface area contributed by atoms with E-state index in [2.05, 4.69) is 0 Å². The van der Waals surface area contributed by atoms with Crippen molar-refractivity contribution in [2.24, 2.45) is 5.92 Å². The van der Waals surface area contributed by atoms with Crippen LogP contribution in [0, 0.1) is 5.92 Å². The highest BCUT2D eigenvalue weighted by Gasteiger charge is 2.68. The van der Waals surface area contributed by atoms with E-state index in [-0.39, 0.29) is 5.92 Å². The van der Waals surface area contributed by atoms with E-state index >= 15 is 0 Å². The minimum absolute atomic E-state index is 0.378. The van der Waals surface area contributed by atoms with Crippen molar-refractivity contribution in [1.29, 1.82) is 0 Å². The Bertz CT molecular complexity index is 417. The standard InChI is InChI=1S/C10H7Cl3O2/c11-6-3-1-2-5(4-6)7-8(9(14)15)10(7,12)13/h1-4,7-8H,(H,14,15)/t7-,8?/m1/s1. The van der Waals surface area contributed by atoms with Crippen LogP contribution >= 0.6 is 34.8 Å². The van der Waals surface area contributed by atoms with E-state index in [1.54, 1.807) is 24.3 Å². The second kappa shape index (κ2) is 3.55. The van der Waals surface area contributed by atoms with Gasteiger partial charge in [0.25, 0.3) is 0 Å². The average Bonchev–Trinajstić information content (AvgIpc) is 2.69. The van der Waals surface area contributed by atoms with E-state index in [0.717, 1.165) is 5.56 Å². The Morgan fingerprint density at radius 3 is 2.53 bits per heavy atom.